The number of thioether (sulfide) groups is 1. The van der Waals surface area contributed by atoms with Crippen LogP contribution in [-0.4, -0.2) is 31.9 Å². The fraction of sp³-hybridized carbons (Fsp3) is 0.333. The predicted octanol–water partition coefficient (Wildman–Crippen LogP) is 2.02. The largest absolute Gasteiger partial charge is 0.325 e. The number of aromatic nitrogens is 4. The average molecular weight is 311 g/mol. The molecule has 2 aromatic rings. The maximum absolute atomic E-state index is 13.0. The number of amides is 1. The minimum atomic E-state index is -1.00. The van der Waals surface area contributed by atoms with Gasteiger partial charge in [0.2, 0.25) is 11.1 Å². The lowest BCUT2D eigenvalue weighted by atomic mass is 10.3. The van der Waals surface area contributed by atoms with Crippen molar-refractivity contribution < 1.29 is 13.6 Å². The van der Waals surface area contributed by atoms with Crippen molar-refractivity contribution in [3.63, 3.8) is 0 Å². The Morgan fingerprint density at radius 3 is 2.90 bits per heavy atom. The summed E-state index contributed by atoms with van der Waals surface area (Å²) in [4.78, 5) is 11.8. The van der Waals surface area contributed by atoms with Gasteiger partial charge >= 0.3 is 0 Å². The zero-order valence-corrected chi connectivity index (χ0v) is 11.6. The summed E-state index contributed by atoms with van der Waals surface area (Å²) in [5, 5.41) is 14.4. The van der Waals surface area contributed by atoms with E-state index in [0.717, 1.165) is 25.0 Å². The molecule has 1 saturated carbocycles. The molecule has 0 spiro atoms. The molecule has 0 radical (unpaired) electrons. The van der Waals surface area contributed by atoms with Crippen LogP contribution in [0.15, 0.2) is 23.4 Å². The number of halogens is 2. The van der Waals surface area contributed by atoms with Crippen LogP contribution < -0.4 is 5.32 Å². The summed E-state index contributed by atoms with van der Waals surface area (Å²) in [7, 11) is 0. The van der Waals surface area contributed by atoms with Gasteiger partial charge in [-0.05, 0) is 35.4 Å². The summed E-state index contributed by atoms with van der Waals surface area (Å²) in [6.07, 6.45) is 2.08. The number of nitrogens with one attached hydrogen (secondary N) is 1. The second kappa shape index (κ2) is 5.76. The fourth-order valence-corrected chi connectivity index (χ4v) is 2.47. The van der Waals surface area contributed by atoms with Gasteiger partial charge in [0.25, 0.3) is 0 Å². The van der Waals surface area contributed by atoms with E-state index in [1.54, 1.807) is 4.68 Å². The molecule has 1 N–H and O–H groups in total. The number of tetrazole rings is 1. The second-order valence-corrected chi connectivity index (χ2v) is 5.55. The molecule has 0 bridgehead atoms. The number of rotatable bonds is 5. The third-order valence-corrected chi connectivity index (χ3v) is 3.82. The van der Waals surface area contributed by atoms with E-state index in [-0.39, 0.29) is 17.3 Å². The molecule has 6 nitrogen and oxygen atoms in total. The molecule has 1 amide bonds. The first-order valence-corrected chi connectivity index (χ1v) is 7.27. The lowest BCUT2D eigenvalue weighted by Gasteiger charge is -2.05. The first-order chi connectivity index (χ1) is 10.1. The Labute approximate surface area is 122 Å². The Kier molecular flexibility index (Phi) is 3.82. The van der Waals surface area contributed by atoms with E-state index in [2.05, 4.69) is 20.8 Å². The molecule has 9 heteroatoms. The van der Waals surface area contributed by atoms with E-state index in [0.29, 0.717) is 11.2 Å². The van der Waals surface area contributed by atoms with E-state index >= 15 is 0 Å². The van der Waals surface area contributed by atoms with Crippen LogP contribution in [-0.2, 0) is 4.79 Å². The molecule has 0 saturated heterocycles. The third-order valence-electron chi connectivity index (χ3n) is 2.89. The number of carbonyl (C=O) groups is 1. The van der Waals surface area contributed by atoms with Crippen LogP contribution in [0.2, 0.25) is 0 Å². The second-order valence-electron chi connectivity index (χ2n) is 4.60. The van der Waals surface area contributed by atoms with Crippen LogP contribution in [0.3, 0.4) is 0 Å². The van der Waals surface area contributed by atoms with Crippen LogP contribution in [0.4, 0.5) is 14.5 Å². The molecule has 0 unspecified atom stereocenters. The van der Waals surface area contributed by atoms with E-state index < -0.39 is 11.6 Å². The Hall–Kier alpha value is -2.03. The lowest BCUT2D eigenvalue weighted by Crippen LogP contribution is -2.15. The highest BCUT2D eigenvalue weighted by Crippen LogP contribution is 2.36. The van der Waals surface area contributed by atoms with Crippen molar-refractivity contribution in [1.82, 2.24) is 20.2 Å². The van der Waals surface area contributed by atoms with Crippen molar-refractivity contribution in [2.75, 3.05) is 11.1 Å². The standard InChI is InChI=1S/C12H11F2N5OS/c13-9-4-1-7(5-10(9)14)15-11(20)6-21-12-16-17-18-19(12)8-2-3-8/h1,4-5,8H,2-3,6H2,(H,15,20). The molecule has 0 atom stereocenters. The van der Waals surface area contributed by atoms with Crippen LogP contribution in [0, 0.1) is 11.6 Å². The SMILES string of the molecule is O=C(CSc1nnnn1C1CC1)Nc1ccc(F)c(F)c1. The van der Waals surface area contributed by atoms with Crippen LogP contribution in [0.1, 0.15) is 18.9 Å². The summed E-state index contributed by atoms with van der Waals surface area (Å²) < 4.78 is 27.5. The first-order valence-electron chi connectivity index (χ1n) is 6.29. The molecule has 1 aromatic carbocycles. The summed E-state index contributed by atoms with van der Waals surface area (Å²) in [6.45, 7) is 0. The molecule has 1 aliphatic rings. The highest BCUT2D eigenvalue weighted by Gasteiger charge is 2.28. The molecular weight excluding hydrogens is 300 g/mol. The number of hydrogen-bond acceptors (Lipinski definition) is 5. The minimum absolute atomic E-state index is 0.0894. The fourth-order valence-electron chi connectivity index (χ4n) is 1.73. The summed E-state index contributed by atoms with van der Waals surface area (Å²) in [5.41, 5.74) is 0.210. The van der Waals surface area contributed by atoms with Gasteiger partial charge in [-0.2, -0.15) is 0 Å². The maximum atomic E-state index is 13.0. The maximum Gasteiger partial charge on any atom is 0.234 e. The van der Waals surface area contributed by atoms with Gasteiger partial charge in [-0.3, -0.25) is 4.79 Å². The highest BCUT2D eigenvalue weighted by atomic mass is 32.2. The van der Waals surface area contributed by atoms with Gasteiger partial charge in [-0.25, -0.2) is 13.5 Å². The average Bonchev–Trinajstić information content (AvgIpc) is 3.19. The predicted molar refractivity (Wildman–Crippen MR) is 71.8 cm³/mol. The van der Waals surface area contributed by atoms with E-state index in [4.69, 9.17) is 0 Å². The lowest BCUT2D eigenvalue weighted by molar-refractivity contribution is -0.113. The van der Waals surface area contributed by atoms with Crippen molar-refractivity contribution in [1.29, 1.82) is 0 Å². The molecular formula is C12H11F2N5OS. The summed E-state index contributed by atoms with van der Waals surface area (Å²) >= 11 is 1.20. The van der Waals surface area contributed by atoms with Crippen LogP contribution in [0.5, 0.6) is 0 Å². The number of benzene rings is 1. The first kappa shape index (κ1) is 13.9. The zero-order chi connectivity index (χ0) is 14.8. The third kappa shape index (κ3) is 3.35. The molecule has 1 fully saturated rings. The van der Waals surface area contributed by atoms with Crippen molar-refractivity contribution in [2.24, 2.45) is 0 Å². The molecule has 110 valence electrons. The van der Waals surface area contributed by atoms with Gasteiger partial charge in [0.15, 0.2) is 11.6 Å². The van der Waals surface area contributed by atoms with Gasteiger partial charge in [0, 0.05) is 11.8 Å². The van der Waals surface area contributed by atoms with Gasteiger partial charge in [0.1, 0.15) is 0 Å². The number of anilines is 1. The number of carbonyl (C=O) groups excluding carboxylic acids is 1. The van der Waals surface area contributed by atoms with Crippen molar-refractivity contribution >= 4 is 23.4 Å². The van der Waals surface area contributed by atoms with Gasteiger partial charge in [-0.1, -0.05) is 11.8 Å². The molecule has 1 aromatic heterocycles. The van der Waals surface area contributed by atoms with Crippen molar-refractivity contribution in [2.45, 2.75) is 24.0 Å². The molecule has 3 rings (SSSR count). The number of hydrogen-bond donors (Lipinski definition) is 1. The normalized spacial score (nSPS) is 14.2. The number of nitrogens with zero attached hydrogens (tertiary/aromatic N) is 4. The minimum Gasteiger partial charge on any atom is -0.325 e. The van der Waals surface area contributed by atoms with Crippen molar-refractivity contribution in [3.05, 3.63) is 29.8 Å². The zero-order valence-electron chi connectivity index (χ0n) is 10.8. The Morgan fingerprint density at radius 1 is 1.38 bits per heavy atom. The molecule has 0 aliphatic heterocycles. The molecule has 1 aliphatic carbocycles. The molecule has 1 heterocycles. The monoisotopic (exact) mass is 311 g/mol. The quantitative estimate of drug-likeness (QED) is 0.855. The van der Waals surface area contributed by atoms with E-state index in [1.807, 2.05) is 0 Å². The smallest absolute Gasteiger partial charge is 0.234 e. The van der Waals surface area contributed by atoms with Gasteiger partial charge in [0.05, 0.1) is 11.8 Å². The van der Waals surface area contributed by atoms with E-state index in [9.17, 15) is 13.6 Å². The Bertz CT molecular complexity index is 673. The highest BCUT2D eigenvalue weighted by molar-refractivity contribution is 7.99. The van der Waals surface area contributed by atoms with Crippen molar-refractivity contribution in [3.8, 4) is 0 Å². The topological polar surface area (TPSA) is 72.7 Å². The Morgan fingerprint density at radius 2 is 2.19 bits per heavy atom. The molecule has 21 heavy (non-hydrogen) atoms. The van der Waals surface area contributed by atoms with Crippen LogP contribution in [0.25, 0.3) is 0 Å². The van der Waals surface area contributed by atoms with Gasteiger partial charge < -0.3 is 5.32 Å². The van der Waals surface area contributed by atoms with Gasteiger partial charge in [-0.15, -0.1) is 5.10 Å². The Balaban J connectivity index is 1.56. The van der Waals surface area contributed by atoms with Crippen LogP contribution >= 0.6 is 11.8 Å². The van der Waals surface area contributed by atoms with E-state index in [1.165, 1.54) is 17.8 Å². The summed E-state index contributed by atoms with van der Waals surface area (Å²) in [6, 6.07) is 3.53. The summed E-state index contributed by atoms with van der Waals surface area (Å²) in [5.74, 6) is -2.20.